The summed E-state index contributed by atoms with van der Waals surface area (Å²) in [5, 5.41) is 11.4. The van der Waals surface area contributed by atoms with E-state index in [1.54, 1.807) is 13.0 Å². The van der Waals surface area contributed by atoms with Crippen LogP contribution in [-0.4, -0.2) is 29.8 Å². The quantitative estimate of drug-likeness (QED) is 0.818. The van der Waals surface area contributed by atoms with Crippen LogP contribution in [0.3, 0.4) is 0 Å². The molecule has 0 fully saturated rings. The van der Waals surface area contributed by atoms with Crippen molar-refractivity contribution in [1.82, 2.24) is 5.32 Å². The van der Waals surface area contributed by atoms with Crippen LogP contribution in [0.1, 0.15) is 24.0 Å². The Labute approximate surface area is 145 Å². The number of hydrogen-bond acceptors (Lipinski definition) is 3. The molecule has 1 aliphatic rings. The molecule has 0 aliphatic heterocycles. The van der Waals surface area contributed by atoms with Crippen LogP contribution < -0.4 is 5.32 Å². The van der Waals surface area contributed by atoms with Gasteiger partial charge in [-0.2, -0.15) is 0 Å². The van der Waals surface area contributed by atoms with Crippen LogP contribution in [0.5, 0.6) is 0 Å². The zero-order valence-electron chi connectivity index (χ0n) is 13.8. The number of carbonyl (C=O) groups is 2. The molecule has 0 bridgehead atoms. The van der Waals surface area contributed by atoms with Crippen molar-refractivity contribution in [2.24, 2.45) is 0 Å². The number of carboxylic acid groups (broad SMARTS) is 1. The largest absolute Gasteiger partial charge is 0.479 e. The Hall–Kier alpha value is -3.08. The molecule has 2 aromatic carbocycles. The van der Waals surface area contributed by atoms with E-state index in [0.29, 0.717) is 0 Å². The minimum Gasteiger partial charge on any atom is -0.479 e. The van der Waals surface area contributed by atoms with Gasteiger partial charge in [-0.25, -0.2) is 9.59 Å². The second-order valence-corrected chi connectivity index (χ2v) is 5.81. The smallest absolute Gasteiger partial charge is 0.408 e. The molecule has 3 rings (SSSR count). The summed E-state index contributed by atoms with van der Waals surface area (Å²) in [5.41, 5.74) is 4.51. The average molecular weight is 337 g/mol. The number of hydrogen-bond donors (Lipinski definition) is 2. The monoisotopic (exact) mass is 337 g/mol. The van der Waals surface area contributed by atoms with E-state index in [4.69, 9.17) is 9.84 Å². The first-order chi connectivity index (χ1) is 12.1. The number of ether oxygens (including phenoxy) is 1. The second kappa shape index (κ2) is 7.21. The molecular formula is C20H19NO4. The number of benzene rings is 2. The maximum atomic E-state index is 12.0. The van der Waals surface area contributed by atoms with Crippen molar-refractivity contribution in [3.63, 3.8) is 0 Å². The molecule has 0 unspecified atom stereocenters. The summed E-state index contributed by atoms with van der Waals surface area (Å²) in [7, 11) is 0. The summed E-state index contributed by atoms with van der Waals surface area (Å²) in [4.78, 5) is 23.1. The molecule has 5 heteroatoms. The predicted octanol–water partition coefficient (Wildman–Crippen LogP) is 3.55. The first kappa shape index (κ1) is 16.8. The topological polar surface area (TPSA) is 75.6 Å². The van der Waals surface area contributed by atoms with Crippen LogP contribution in [0.25, 0.3) is 11.1 Å². The van der Waals surface area contributed by atoms with Crippen LogP contribution in [0.2, 0.25) is 0 Å². The van der Waals surface area contributed by atoms with Gasteiger partial charge in [-0.05, 0) is 29.2 Å². The van der Waals surface area contributed by atoms with Gasteiger partial charge in [0.15, 0.2) is 0 Å². The maximum absolute atomic E-state index is 12.0. The molecular weight excluding hydrogens is 318 g/mol. The summed E-state index contributed by atoms with van der Waals surface area (Å²) < 4.78 is 5.32. The zero-order chi connectivity index (χ0) is 17.8. The van der Waals surface area contributed by atoms with Crippen LogP contribution >= 0.6 is 0 Å². The molecule has 1 amide bonds. The molecule has 0 radical (unpaired) electrons. The van der Waals surface area contributed by atoms with Crippen LogP contribution in [0, 0.1) is 0 Å². The first-order valence-electron chi connectivity index (χ1n) is 8.09. The van der Waals surface area contributed by atoms with E-state index in [1.807, 2.05) is 36.4 Å². The molecule has 128 valence electrons. The molecule has 2 N–H and O–H groups in total. The third-order valence-corrected chi connectivity index (χ3v) is 4.27. The number of amides is 1. The highest BCUT2D eigenvalue weighted by atomic mass is 16.5. The van der Waals surface area contributed by atoms with Gasteiger partial charge in [0.1, 0.15) is 12.6 Å². The summed E-state index contributed by atoms with van der Waals surface area (Å²) in [6, 6.07) is 15.0. The van der Waals surface area contributed by atoms with Gasteiger partial charge in [-0.3, -0.25) is 0 Å². The Morgan fingerprint density at radius 2 is 1.68 bits per heavy atom. The average Bonchev–Trinajstić information content (AvgIpc) is 2.93. The van der Waals surface area contributed by atoms with Crippen LogP contribution in [0.15, 0.2) is 60.7 Å². The third kappa shape index (κ3) is 3.40. The number of alkyl carbamates (subject to hydrolysis) is 1. The summed E-state index contributed by atoms with van der Waals surface area (Å²) in [6.07, 6.45) is 2.22. The number of carbonyl (C=O) groups excluding carboxylic acids is 1. The summed E-state index contributed by atoms with van der Waals surface area (Å²) in [5.74, 6) is -1.19. The second-order valence-electron chi connectivity index (χ2n) is 5.81. The van der Waals surface area contributed by atoms with Gasteiger partial charge in [-0.1, -0.05) is 60.7 Å². The number of carboxylic acids is 1. The highest BCUT2D eigenvalue weighted by molar-refractivity contribution is 5.82. The molecule has 25 heavy (non-hydrogen) atoms. The Morgan fingerprint density at radius 1 is 1.12 bits per heavy atom. The van der Waals surface area contributed by atoms with Gasteiger partial charge in [-0.15, -0.1) is 0 Å². The van der Waals surface area contributed by atoms with E-state index >= 15 is 0 Å². The molecule has 1 aliphatic carbocycles. The van der Waals surface area contributed by atoms with Crippen molar-refractivity contribution in [3.05, 3.63) is 71.8 Å². The van der Waals surface area contributed by atoms with Crippen molar-refractivity contribution < 1.29 is 19.4 Å². The molecule has 0 heterocycles. The molecule has 0 aromatic heterocycles. The zero-order valence-corrected chi connectivity index (χ0v) is 13.8. The fourth-order valence-electron chi connectivity index (χ4n) is 3.15. The standard InChI is InChI=1S/C20H19NO4/c1-2-7-18(19(22)23)21-20(24)25-12-17-15-10-5-3-8-13(15)14-9-4-6-11-16(14)17/h2-11,17-18H,12H2,1H3,(H,21,24)(H,22,23)/b7-2+/t18-/m0/s1. The SMILES string of the molecule is C/C=C/[C@H](NC(=O)OCC1c2ccccc2-c2ccccc21)C(=O)O. The van der Waals surface area contributed by atoms with Crippen molar-refractivity contribution in [3.8, 4) is 11.1 Å². The molecule has 0 saturated heterocycles. The van der Waals surface area contributed by atoms with Gasteiger partial charge in [0.2, 0.25) is 0 Å². The normalized spacial score (nSPS) is 14.0. The van der Waals surface area contributed by atoms with E-state index in [1.165, 1.54) is 6.08 Å². The van der Waals surface area contributed by atoms with E-state index < -0.39 is 18.1 Å². The maximum Gasteiger partial charge on any atom is 0.408 e. The first-order valence-corrected chi connectivity index (χ1v) is 8.09. The van der Waals surface area contributed by atoms with E-state index in [0.717, 1.165) is 22.3 Å². The van der Waals surface area contributed by atoms with Gasteiger partial charge in [0, 0.05) is 5.92 Å². The number of rotatable bonds is 5. The number of allylic oxidation sites excluding steroid dienone is 1. The lowest BCUT2D eigenvalue weighted by Crippen LogP contribution is -2.40. The number of fused-ring (bicyclic) bond motifs is 3. The lowest BCUT2D eigenvalue weighted by atomic mass is 9.98. The van der Waals surface area contributed by atoms with E-state index in [2.05, 4.69) is 17.4 Å². The fourth-order valence-corrected chi connectivity index (χ4v) is 3.15. The fraction of sp³-hybridized carbons (Fsp3) is 0.200. The van der Waals surface area contributed by atoms with Gasteiger partial charge in [0.05, 0.1) is 0 Å². The summed E-state index contributed by atoms with van der Waals surface area (Å²) >= 11 is 0. The van der Waals surface area contributed by atoms with Crippen molar-refractivity contribution >= 4 is 12.1 Å². The van der Waals surface area contributed by atoms with Crippen molar-refractivity contribution in [2.45, 2.75) is 18.9 Å². The van der Waals surface area contributed by atoms with E-state index in [9.17, 15) is 9.59 Å². The minimum absolute atomic E-state index is 0.0526. The van der Waals surface area contributed by atoms with Crippen LogP contribution in [-0.2, 0) is 9.53 Å². The molecule has 1 atom stereocenters. The Bertz CT molecular complexity index is 782. The van der Waals surface area contributed by atoms with Crippen molar-refractivity contribution in [1.29, 1.82) is 0 Å². The minimum atomic E-state index is -1.13. The number of nitrogens with one attached hydrogen (secondary N) is 1. The lowest BCUT2D eigenvalue weighted by molar-refractivity contribution is -0.138. The molecule has 5 nitrogen and oxygen atoms in total. The highest BCUT2D eigenvalue weighted by Crippen LogP contribution is 2.44. The van der Waals surface area contributed by atoms with Crippen LogP contribution in [0.4, 0.5) is 4.79 Å². The number of aliphatic carboxylic acids is 1. The summed E-state index contributed by atoms with van der Waals surface area (Å²) in [6.45, 7) is 1.84. The lowest BCUT2D eigenvalue weighted by Gasteiger charge is -2.16. The third-order valence-electron chi connectivity index (χ3n) is 4.27. The van der Waals surface area contributed by atoms with Gasteiger partial charge in [0.25, 0.3) is 0 Å². The Morgan fingerprint density at radius 3 is 2.20 bits per heavy atom. The Balaban J connectivity index is 1.73. The molecule has 0 saturated carbocycles. The van der Waals surface area contributed by atoms with Crippen molar-refractivity contribution in [2.75, 3.05) is 6.61 Å². The van der Waals surface area contributed by atoms with Gasteiger partial charge >= 0.3 is 12.1 Å². The predicted molar refractivity (Wildman–Crippen MR) is 94.4 cm³/mol. The molecule has 0 spiro atoms. The molecule has 2 aromatic rings. The van der Waals surface area contributed by atoms with Gasteiger partial charge < -0.3 is 15.2 Å². The highest BCUT2D eigenvalue weighted by Gasteiger charge is 2.29. The van der Waals surface area contributed by atoms with E-state index in [-0.39, 0.29) is 12.5 Å². The Kier molecular flexibility index (Phi) is 4.84.